The summed E-state index contributed by atoms with van der Waals surface area (Å²) in [5.41, 5.74) is 1.55. The van der Waals surface area contributed by atoms with Gasteiger partial charge in [0.05, 0.1) is 22.7 Å². The van der Waals surface area contributed by atoms with Crippen LogP contribution in [0.1, 0.15) is 38.3 Å². The van der Waals surface area contributed by atoms with Gasteiger partial charge in [0.2, 0.25) is 5.76 Å². The van der Waals surface area contributed by atoms with E-state index >= 15 is 0 Å². The van der Waals surface area contributed by atoms with E-state index in [-0.39, 0.29) is 16.8 Å². The zero-order valence-electron chi connectivity index (χ0n) is 15.6. The maximum atomic E-state index is 14.0. The summed E-state index contributed by atoms with van der Waals surface area (Å²) in [7, 11) is 0. The molecule has 0 bridgehead atoms. The molecule has 0 radical (unpaired) electrons. The lowest BCUT2D eigenvalue weighted by Crippen LogP contribution is -2.29. The van der Waals surface area contributed by atoms with E-state index in [9.17, 15) is 14.0 Å². The number of anilines is 1. The Morgan fingerprint density at radius 3 is 2.62 bits per heavy atom. The van der Waals surface area contributed by atoms with Gasteiger partial charge in [0, 0.05) is 4.88 Å². The van der Waals surface area contributed by atoms with E-state index in [2.05, 4.69) is 4.98 Å². The molecule has 4 aromatic rings. The third-order valence-electron chi connectivity index (χ3n) is 5.17. The summed E-state index contributed by atoms with van der Waals surface area (Å²) >= 11 is 1.36. The molecule has 1 aliphatic heterocycles. The van der Waals surface area contributed by atoms with Gasteiger partial charge >= 0.3 is 0 Å². The molecule has 1 amide bonds. The Labute approximate surface area is 169 Å². The van der Waals surface area contributed by atoms with Gasteiger partial charge in [-0.05, 0) is 43.7 Å². The molecule has 0 fully saturated rings. The fourth-order valence-corrected chi connectivity index (χ4v) is 4.60. The predicted octanol–water partition coefficient (Wildman–Crippen LogP) is 4.76. The minimum absolute atomic E-state index is 0.0199. The number of fused-ring (bicyclic) bond motifs is 2. The smallest absolute Gasteiger partial charge is 0.297 e. The molecule has 0 saturated heterocycles. The van der Waals surface area contributed by atoms with Crippen molar-refractivity contribution in [1.29, 1.82) is 0 Å². The van der Waals surface area contributed by atoms with E-state index in [1.807, 2.05) is 13.8 Å². The van der Waals surface area contributed by atoms with Gasteiger partial charge in [-0.15, -0.1) is 11.3 Å². The third kappa shape index (κ3) is 2.61. The third-order valence-corrected chi connectivity index (χ3v) is 6.24. The van der Waals surface area contributed by atoms with Crippen molar-refractivity contribution >= 4 is 33.3 Å². The molecule has 0 spiro atoms. The van der Waals surface area contributed by atoms with E-state index < -0.39 is 17.8 Å². The Kier molecular flexibility index (Phi) is 3.89. The van der Waals surface area contributed by atoms with Crippen molar-refractivity contribution in [3.8, 4) is 0 Å². The van der Waals surface area contributed by atoms with Gasteiger partial charge < -0.3 is 4.42 Å². The molecule has 3 heterocycles. The Morgan fingerprint density at radius 2 is 1.90 bits per heavy atom. The molecule has 5 rings (SSSR count). The summed E-state index contributed by atoms with van der Waals surface area (Å²) in [6.07, 6.45) is 0. The molecule has 1 aliphatic rings. The van der Waals surface area contributed by atoms with Crippen molar-refractivity contribution in [2.24, 2.45) is 0 Å². The van der Waals surface area contributed by atoms with Crippen LogP contribution in [-0.4, -0.2) is 10.9 Å². The number of halogens is 1. The number of hydrogen-bond acceptors (Lipinski definition) is 5. The van der Waals surface area contributed by atoms with E-state index in [1.165, 1.54) is 28.4 Å². The second kappa shape index (κ2) is 6.35. The van der Waals surface area contributed by atoms with Gasteiger partial charge in [0.1, 0.15) is 11.4 Å². The fraction of sp³-hybridized carbons (Fsp3) is 0.136. The minimum Gasteiger partial charge on any atom is -0.450 e. The van der Waals surface area contributed by atoms with Crippen molar-refractivity contribution in [1.82, 2.24) is 4.98 Å². The van der Waals surface area contributed by atoms with Crippen LogP contribution in [0.2, 0.25) is 0 Å². The highest BCUT2D eigenvalue weighted by Gasteiger charge is 2.45. The van der Waals surface area contributed by atoms with Gasteiger partial charge in [-0.25, -0.2) is 9.37 Å². The normalized spacial score (nSPS) is 15.9. The van der Waals surface area contributed by atoms with Crippen molar-refractivity contribution in [3.05, 3.63) is 92.0 Å². The maximum absolute atomic E-state index is 14.0. The summed E-state index contributed by atoms with van der Waals surface area (Å²) in [6, 6.07) is 11.9. The molecule has 1 unspecified atom stereocenters. The first-order chi connectivity index (χ1) is 14.0. The van der Waals surface area contributed by atoms with E-state index in [0.29, 0.717) is 21.7 Å². The lowest BCUT2D eigenvalue weighted by molar-refractivity contribution is 0.0971. The topological polar surface area (TPSA) is 63.4 Å². The highest BCUT2D eigenvalue weighted by molar-refractivity contribution is 7.15. The molecule has 2 aromatic heterocycles. The number of aromatic nitrogens is 1. The molecule has 7 heteroatoms. The van der Waals surface area contributed by atoms with Gasteiger partial charge in [0.25, 0.3) is 5.91 Å². The van der Waals surface area contributed by atoms with Gasteiger partial charge in [-0.1, -0.05) is 24.3 Å². The molecule has 0 saturated carbocycles. The Morgan fingerprint density at radius 1 is 1.10 bits per heavy atom. The van der Waals surface area contributed by atoms with Crippen molar-refractivity contribution < 1.29 is 13.6 Å². The number of nitrogens with zero attached hydrogens (tertiary/aromatic N) is 2. The fourth-order valence-electron chi connectivity index (χ4n) is 3.67. The molecule has 5 nitrogen and oxygen atoms in total. The summed E-state index contributed by atoms with van der Waals surface area (Å²) < 4.78 is 19.9. The first kappa shape index (κ1) is 17.8. The van der Waals surface area contributed by atoms with Crippen molar-refractivity contribution in [2.75, 3.05) is 4.90 Å². The van der Waals surface area contributed by atoms with Crippen LogP contribution < -0.4 is 10.3 Å². The number of carbonyl (C=O) groups is 1. The first-order valence-corrected chi connectivity index (χ1v) is 9.86. The summed E-state index contributed by atoms with van der Waals surface area (Å²) in [5, 5.41) is 0.836. The number of rotatable bonds is 2. The molecule has 1 atom stereocenters. The summed E-state index contributed by atoms with van der Waals surface area (Å²) in [4.78, 5) is 33.6. The first-order valence-electron chi connectivity index (χ1n) is 9.04. The second-order valence-corrected chi connectivity index (χ2v) is 8.12. The standard InChI is InChI=1S/C22H15FN2O3S/c1-11-12(2)29-22(24-11)25-18(13-6-5-7-14(23)10-13)17-19(26)15-8-3-4-9-16(15)28-20(17)21(25)27/h3-10,18H,1-2H3. The molecular formula is C22H15FN2O3S. The van der Waals surface area contributed by atoms with Gasteiger partial charge in [0.15, 0.2) is 10.6 Å². The Balaban J connectivity index is 1.84. The zero-order chi connectivity index (χ0) is 20.3. The summed E-state index contributed by atoms with van der Waals surface area (Å²) in [5.74, 6) is -0.917. The van der Waals surface area contributed by atoms with Gasteiger partial charge in [-0.3, -0.25) is 14.5 Å². The number of carbonyl (C=O) groups excluding carboxylic acids is 1. The average molecular weight is 406 g/mol. The van der Waals surface area contributed by atoms with Gasteiger partial charge in [-0.2, -0.15) is 0 Å². The predicted molar refractivity (Wildman–Crippen MR) is 109 cm³/mol. The largest absolute Gasteiger partial charge is 0.450 e. The average Bonchev–Trinajstić information content (AvgIpc) is 3.19. The highest BCUT2D eigenvalue weighted by Crippen LogP contribution is 2.42. The van der Waals surface area contributed by atoms with Crippen LogP contribution in [0.5, 0.6) is 0 Å². The minimum atomic E-state index is -0.806. The van der Waals surface area contributed by atoms with Crippen LogP contribution in [0.15, 0.2) is 57.7 Å². The Bertz CT molecular complexity index is 1340. The van der Waals surface area contributed by atoms with Crippen LogP contribution in [-0.2, 0) is 0 Å². The lowest BCUT2D eigenvalue weighted by atomic mass is 9.98. The van der Waals surface area contributed by atoms with Crippen molar-refractivity contribution in [3.63, 3.8) is 0 Å². The highest BCUT2D eigenvalue weighted by atomic mass is 32.1. The van der Waals surface area contributed by atoms with E-state index in [1.54, 1.807) is 36.4 Å². The molecule has 2 aromatic carbocycles. The molecular weight excluding hydrogens is 391 g/mol. The van der Waals surface area contributed by atoms with Crippen molar-refractivity contribution in [2.45, 2.75) is 19.9 Å². The van der Waals surface area contributed by atoms with Crippen LogP contribution in [0, 0.1) is 19.7 Å². The van der Waals surface area contributed by atoms with Crippen LogP contribution in [0.3, 0.4) is 0 Å². The molecule has 0 N–H and O–H groups in total. The van der Waals surface area contributed by atoms with Crippen LogP contribution >= 0.6 is 11.3 Å². The van der Waals surface area contributed by atoms with E-state index in [0.717, 1.165) is 10.6 Å². The number of benzene rings is 2. The Hall–Kier alpha value is -3.32. The summed E-state index contributed by atoms with van der Waals surface area (Å²) in [6.45, 7) is 3.77. The quantitative estimate of drug-likeness (QED) is 0.482. The maximum Gasteiger partial charge on any atom is 0.297 e. The monoisotopic (exact) mass is 406 g/mol. The molecule has 29 heavy (non-hydrogen) atoms. The molecule has 144 valence electrons. The second-order valence-electron chi connectivity index (χ2n) is 6.94. The van der Waals surface area contributed by atoms with E-state index in [4.69, 9.17) is 4.42 Å². The zero-order valence-corrected chi connectivity index (χ0v) is 16.4. The number of amides is 1. The number of aryl methyl sites for hydroxylation is 2. The number of thiazole rings is 1. The SMILES string of the molecule is Cc1nc(N2C(=O)c3oc4ccccc4c(=O)c3C2c2cccc(F)c2)sc1C. The molecule has 0 aliphatic carbocycles. The lowest BCUT2D eigenvalue weighted by Gasteiger charge is -2.22. The number of para-hydroxylation sites is 1. The number of hydrogen-bond donors (Lipinski definition) is 0. The van der Waals surface area contributed by atoms with Crippen LogP contribution in [0.4, 0.5) is 9.52 Å². The van der Waals surface area contributed by atoms with Crippen LogP contribution in [0.25, 0.3) is 11.0 Å².